The first-order valence-electron chi connectivity index (χ1n) is 6.33. The number of ether oxygens (including phenoxy) is 1. The number of methoxy groups -OCH3 is 1. The quantitative estimate of drug-likeness (QED) is 0.843. The fraction of sp³-hybridized carbons (Fsp3) is 0.429. The van der Waals surface area contributed by atoms with Gasteiger partial charge in [-0.2, -0.15) is 0 Å². The number of aromatic hydroxyl groups is 1. The second-order valence-corrected chi connectivity index (χ2v) is 4.43. The number of nitrogens with one attached hydrogen (secondary N) is 1. The Morgan fingerprint density at radius 2 is 2.10 bits per heavy atom. The van der Waals surface area contributed by atoms with Gasteiger partial charge in [0.2, 0.25) is 5.91 Å². The van der Waals surface area contributed by atoms with Gasteiger partial charge in [-0.1, -0.05) is 0 Å². The molecule has 0 bridgehead atoms. The number of hydrogen-bond acceptors (Lipinski definition) is 4. The minimum atomic E-state index is -0.658. The van der Waals surface area contributed by atoms with Crippen molar-refractivity contribution in [3.63, 3.8) is 0 Å². The number of carbonyl (C=O) groups is 2. The van der Waals surface area contributed by atoms with Gasteiger partial charge in [0.05, 0.1) is 12.7 Å². The van der Waals surface area contributed by atoms with Crippen LogP contribution in [0.25, 0.3) is 0 Å². The summed E-state index contributed by atoms with van der Waals surface area (Å²) in [5.74, 6) is -0.427. The maximum absolute atomic E-state index is 12.0. The molecule has 6 heteroatoms. The van der Waals surface area contributed by atoms with E-state index in [-0.39, 0.29) is 17.2 Å². The highest BCUT2D eigenvalue weighted by Gasteiger charge is 2.20. The summed E-state index contributed by atoms with van der Waals surface area (Å²) in [6.07, 6.45) is 0. The predicted molar refractivity (Wildman–Crippen MR) is 74.9 cm³/mol. The van der Waals surface area contributed by atoms with Crippen molar-refractivity contribution in [2.75, 3.05) is 20.7 Å². The highest BCUT2D eigenvalue weighted by atomic mass is 16.5. The number of nitrogens with zero attached hydrogens (tertiary/aromatic N) is 1. The lowest BCUT2D eigenvalue weighted by Gasteiger charge is -2.20. The van der Waals surface area contributed by atoms with Crippen molar-refractivity contribution < 1.29 is 19.4 Å². The second kappa shape index (κ2) is 6.79. The molecule has 0 aromatic heterocycles. The zero-order valence-corrected chi connectivity index (χ0v) is 12.1. The predicted octanol–water partition coefficient (Wildman–Crippen LogP) is 0.997. The van der Waals surface area contributed by atoms with Crippen LogP contribution in [0.15, 0.2) is 18.2 Å². The Bertz CT molecular complexity index is 502. The maximum atomic E-state index is 12.0. The van der Waals surface area contributed by atoms with Crippen molar-refractivity contribution >= 4 is 11.8 Å². The van der Waals surface area contributed by atoms with E-state index in [9.17, 15) is 14.7 Å². The van der Waals surface area contributed by atoms with Gasteiger partial charge in [0.1, 0.15) is 17.5 Å². The minimum Gasteiger partial charge on any atom is -0.507 e. The molecule has 6 nitrogen and oxygen atoms in total. The van der Waals surface area contributed by atoms with E-state index in [4.69, 9.17) is 4.74 Å². The van der Waals surface area contributed by atoms with Crippen LogP contribution < -0.4 is 10.1 Å². The lowest BCUT2D eigenvalue weighted by Crippen LogP contribution is -2.45. The van der Waals surface area contributed by atoms with E-state index < -0.39 is 11.9 Å². The molecule has 1 aromatic carbocycles. The normalized spacial score (nSPS) is 11.6. The van der Waals surface area contributed by atoms with E-state index in [0.717, 1.165) is 0 Å². The summed E-state index contributed by atoms with van der Waals surface area (Å²) in [5.41, 5.74) is 0.101. The van der Waals surface area contributed by atoms with Crippen LogP contribution in [0.5, 0.6) is 11.5 Å². The van der Waals surface area contributed by atoms with Gasteiger partial charge in [0.15, 0.2) is 0 Å². The SMILES string of the molecule is CCN(C)C(=O)C(C)NC(=O)c1ccc(OC)cc1O. The Morgan fingerprint density at radius 3 is 2.60 bits per heavy atom. The fourth-order valence-electron chi connectivity index (χ4n) is 1.65. The molecule has 0 aliphatic carbocycles. The molecule has 2 amide bonds. The van der Waals surface area contributed by atoms with E-state index >= 15 is 0 Å². The first-order valence-corrected chi connectivity index (χ1v) is 6.33. The fourth-order valence-corrected chi connectivity index (χ4v) is 1.65. The van der Waals surface area contributed by atoms with Gasteiger partial charge in [-0.15, -0.1) is 0 Å². The average Bonchev–Trinajstić information content (AvgIpc) is 2.44. The molecule has 0 radical (unpaired) electrons. The van der Waals surface area contributed by atoms with Crippen LogP contribution in [-0.2, 0) is 4.79 Å². The summed E-state index contributed by atoms with van der Waals surface area (Å²) < 4.78 is 4.94. The molecule has 1 rings (SSSR count). The molecule has 0 aliphatic rings. The molecule has 0 saturated carbocycles. The first kappa shape index (κ1) is 15.8. The van der Waals surface area contributed by atoms with E-state index in [2.05, 4.69) is 5.32 Å². The van der Waals surface area contributed by atoms with Gasteiger partial charge in [-0.25, -0.2) is 0 Å². The molecule has 0 aliphatic heterocycles. The van der Waals surface area contributed by atoms with Gasteiger partial charge in [0, 0.05) is 19.7 Å². The van der Waals surface area contributed by atoms with Crippen molar-refractivity contribution in [2.45, 2.75) is 19.9 Å². The molecule has 20 heavy (non-hydrogen) atoms. The van der Waals surface area contributed by atoms with Crippen LogP contribution in [0.2, 0.25) is 0 Å². The summed E-state index contributed by atoms with van der Waals surface area (Å²) in [7, 11) is 3.13. The molecule has 1 atom stereocenters. The van der Waals surface area contributed by atoms with Gasteiger partial charge < -0.3 is 20.1 Å². The largest absolute Gasteiger partial charge is 0.507 e. The van der Waals surface area contributed by atoms with Crippen LogP contribution >= 0.6 is 0 Å². The number of likely N-dealkylation sites (N-methyl/N-ethyl adjacent to an activating group) is 1. The van der Waals surface area contributed by atoms with E-state index in [0.29, 0.717) is 12.3 Å². The summed E-state index contributed by atoms with van der Waals surface area (Å²) in [4.78, 5) is 25.4. The van der Waals surface area contributed by atoms with Crippen molar-refractivity contribution in [1.82, 2.24) is 10.2 Å². The van der Waals surface area contributed by atoms with E-state index in [1.54, 1.807) is 20.0 Å². The molecule has 0 heterocycles. The number of carbonyl (C=O) groups excluding carboxylic acids is 2. The topological polar surface area (TPSA) is 78.9 Å². The summed E-state index contributed by atoms with van der Waals surface area (Å²) >= 11 is 0. The molecule has 110 valence electrons. The van der Waals surface area contributed by atoms with Crippen LogP contribution in [0.3, 0.4) is 0 Å². The molecule has 1 unspecified atom stereocenters. The minimum absolute atomic E-state index is 0.101. The molecular weight excluding hydrogens is 260 g/mol. The Hall–Kier alpha value is -2.24. The van der Waals surface area contributed by atoms with Gasteiger partial charge >= 0.3 is 0 Å². The van der Waals surface area contributed by atoms with Gasteiger partial charge in [0.25, 0.3) is 5.91 Å². The maximum Gasteiger partial charge on any atom is 0.255 e. The number of rotatable bonds is 5. The van der Waals surface area contributed by atoms with Gasteiger partial charge in [-0.05, 0) is 26.0 Å². The Kier molecular flexibility index (Phi) is 5.37. The third kappa shape index (κ3) is 3.63. The summed E-state index contributed by atoms with van der Waals surface area (Å²) in [6, 6.07) is 3.71. The molecule has 0 spiro atoms. The first-order chi connectivity index (χ1) is 9.40. The van der Waals surface area contributed by atoms with E-state index in [1.165, 1.54) is 24.1 Å². The molecule has 0 fully saturated rings. The van der Waals surface area contributed by atoms with Crippen molar-refractivity contribution in [2.24, 2.45) is 0 Å². The molecular formula is C14H20N2O4. The number of phenolic OH excluding ortho intramolecular Hbond substituents is 1. The average molecular weight is 280 g/mol. The summed E-state index contributed by atoms with van der Waals surface area (Å²) in [6.45, 7) is 4.02. The zero-order valence-electron chi connectivity index (χ0n) is 12.1. The van der Waals surface area contributed by atoms with Crippen LogP contribution in [0.1, 0.15) is 24.2 Å². The summed E-state index contributed by atoms with van der Waals surface area (Å²) in [5, 5.41) is 12.3. The smallest absolute Gasteiger partial charge is 0.255 e. The monoisotopic (exact) mass is 280 g/mol. The van der Waals surface area contributed by atoms with Crippen molar-refractivity contribution in [3.05, 3.63) is 23.8 Å². The number of phenols is 1. The Balaban J connectivity index is 2.79. The number of hydrogen-bond donors (Lipinski definition) is 2. The lowest BCUT2D eigenvalue weighted by molar-refractivity contribution is -0.131. The van der Waals surface area contributed by atoms with Crippen molar-refractivity contribution in [3.8, 4) is 11.5 Å². The Labute approximate surface area is 118 Å². The zero-order chi connectivity index (χ0) is 15.3. The number of benzene rings is 1. The lowest BCUT2D eigenvalue weighted by atomic mass is 10.1. The third-order valence-electron chi connectivity index (χ3n) is 3.02. The number of amides is 2. The highest BCUT2D eigenvalue weighted by Crippen LogP contribution is 2.23. The molecule has 2 N–H and O–H groups in total. The second-order valence-electron chi connectivity index (χ2n) is 4.43. The third-order valence-corrected chi connectivity index (χ3v) is 3.02. The van der Waals surface area contributed by atoms with Crippen LogP contribution in [0, 0.1) is 0 Å². The van der Waals surface area contributed by atoms with Crippen molar-refractivity contribution in [1.29, 1.82) is 0 Å². The van der Waals surface area contributed by atoms with Crippen LogP contribution in [0.4, 0.5) is 0 Å². The Morgan fingerprint density at radius 1 is 1.45 bits per heavy atom. The molecule has 1 aromatic rings. The van der Waals surface area contributed by atoms with Gasteiger partial charge in [-0.3, -0.25) is 9.59 Å². The van der Waals surface area contributed by atoms with Crippen LogP contribution in [-0.4, -0.2) is 48.6 Å². The molecule has 0 saturated heterocycles. The standard InChI is InChI=1S/C14H20N2O4/c1-5-16(3)14(19)9(2)15-13(18)11-7-6-10(20-4)8-12(11)17/h6-9,17H,5H2,1-4H3,(H,15,18). The van der Waals surface area contributed by atoms with E-state index in [1.807, 2.05) is 6.92 Å². The highest BCUT2D eigenvalue weighted by molar-refractivity contribution is 5.99.